The quantitative estimate of drug-likeness (QED) is 0.879. The predicted molar refractivity (Wildman–Crippen MR) is 71.8 cm³/mol. The highest BCUT2D eigenvalue weighted by Gasteiger charge is 2.32. The van der Waals surface area contributed by atoms with E-state index in [1.807, 2.05) is 6.92 Å². The van der Waals surface area contributed by atoms with E-state index < -0.39 is 11.6 Å². The Labute approximate surface area is 116 Å². The number of nitrogens with one attached hydrogen (secondary N) is 1. The van der Waals surface area contributed by atoms with Gasteiger partial charge in [-0.15, -0.1) is 0 Å². The van der Waals surface area contributed by atoms with Gasteiger partial charge in [0.2, 0.25) is 0 Å². The number of hydrazone groups is 1. The summed E-state index contributed by atoms with van der Waals surface area (Å²) in [4.78, 5) is 0. The minimum absolute atomic E-state index is 0.0691. The lowest BCUT2D eigenvalue weighted by Gasteiger charge is -2.17. The molecule has 2 aliphatic heterocycles. The highest BCUT2D eigenvalue weighted by Crippen LogP contribution is 2.37. The van der Waals surface area contributed by atoms with E-state index in [0.717, 1.165) is 6.07 Å². The lowest BCUT2D eigenvalue weighted by molar-refractivity contribution is 0.238. The van der Waals surface area contributed by atoms with Crippen LogP contribution in [0.4, 0.5) is 8.78 Å². The number of nitrogens with zero attached hydrogens (tertiary/aromatic N) is 1. The van der Waals surface area contributed by atoms with Crippen LogP contribution in [0.15, 0.2) is 11.2 Å². The smallest absolute Gasteiger partial charge is 0.133 e. The summed E-state index contributed by atoms with van der Waals surface area (Å²) in [5.41, 5.74) is 9.34. The first-order valence-corrected chi connectivity index (χ1v) is 6.75. The zero-order chi connectivity index (χ0) is 14.3. The molecule has 0 spiro atoms. The van der Waals surface area contributed by atoms with Crippen molar-refractivity contribution in [2.24, 2.45) is 16.8 Å². The summed E-state index contributed by atoms with van der Waals surface area (Å²) in [5, 5.41) is 3.98. The number of hydrogen-bond acceptors (Lipinski definition) is 4. The highest BCUT2D eigenvalue weighted by molar-refractivity contribution is 5.64. The zero-order valence-electron chi connectivity index (χ0n) is 11.2. The number of rotatable bonds is 3. The lowest BCUT2D eigenvalue weighted by atomic mass is 9.93. The van der Waals surface area contributed by atoms with Crippen molar-refractivity contribution >= 4 is 6.21 Å². The fraction of sp³-hybridized carbons (Fsp3) is 0.500. The number of hydrogen-bond donors (Lipinski definition) is 2. The van der Waals surface area contributed by atoms with E-state index in [4.69, 9.17) is 10.5 Å². The number of ether oxygens (including phenoxy) is 1. The lowest BCUT2D eigenvalue weighted by Crippen LogP contribution is -2.26. The van der Waals surface area contributed by atoms with Crippen LogP contribution in [0.5, 0.6) is 5.75 Å². The van der Waals surface area contributed by atoms with Gasteiger partial charge in [0, 0.05) is 48.3 Å². The maximum Gasteiger partial charge on any atom is 0.133 e. The number of halogens is 2. The molecule has 0 aliphatic carbocycles. The summed E-state index contributed by atoms with van der Waals surface area (Å²) in [5.74, 6) is -0.708. The molecule has 4 nitrogen and oxygen atoms in total. The van der Waals surface area contributed by atoms with Gasteiger partial charge in [0.15, 0.2) is 0 Å². The van der Waals surface area contributed by atoms with Crippen LogP contribution in [0.3, 0.4) is 0 Å². The monoisotopic (exact) mass is 281 g/mol. The Balaban J connectivity index is 1.95. The highest BCUT2D eigenvalue weighted by atomic mass is 19.1. The molecule has 0 amide bonds. The average molecular weight is 281 g/mol. The van der Waals surface area contributed by atoms with E-state index in [0.29, 0.717) is 29.7 Å². The molecule has 0 saturated heterocycles. The van der Waals surface area contributed by atoms with Gasteiger partial charge in [0.25, 0.3) is 0 Å². The van der Waals surface area contributed by atoms with Gasteiger partial charge in [-0.1, -0.05) is 0 Å². The Kier molecular flexibility index (Phi) is 3.33. The molecule has 3 atom stereocenters. The summed E-state index contributed by atoms with van der Waals surface area (Å²) in [6.07, 6.45) is 2.32. The van der Waals surface area contributed by atoms with E-state index in [1.54, 1.807) is 6.21 Å². The second-order valence-corrected chi connectivity index (χ2v) is 5.37. The van der Waals surface area contributed by atoms with Crippen LogP contribution in [0.25, 0.3) is 0 Å². The van der Waals surface area contributed by atoms with Gasteiger partial charge >= 0.3 is 0 Å². The van der Waals surface area contributed by atoms with Gasteiger partial charge < -0.3 is 15.9 Å². The van der Waals surface area contributed by atoms with Crippen molar-refractivity contribution < 1.29 is 13.5 Å². The van der Waals surface area contributed by atoms with E-state index in [1.165, 1.54) is 0 Å². The molecule has 0 aromatic heterocycles. The van der Waals surface area contributed by atoms with Crippen LogP contribution < -0.4 is 15.9 Å². The average Bonchev–Trinajstić information content (AvgIpc) is 3.01. The van der Waals surface area contributed by atoms with Crippen LogP contribution in [0.1, 0.15) is 18.1 Å². The first-order chi connectivity index (χ1) is 9.60. The second kappa shape index (κ2) is 5.01. The van der Waals surface area contributed by atoms with Crippen LogP contribution in [-0.4, -0.2) is 24.9 Å². The van der Waals surface area contributed by atoms with Crippen molar-refractivity contribution in [3.63, 3.8) is 0 Å². The predicted octanol–water partition coefficient (Wildman–Crippen LogP) is 1.36. The van der Waals surface area contributed by atoms with Crippen molar-refractivity contribution in [1.29, 1.82) is 0 Å². The fourth-order valence-electron chi connectivity index (χ4n) is 2.72. The first kappa shape index (κ1) is 13.3. The van der Waals surface area contributed by atoms with Crippen molar-refractivity contribution in [3.8, 4) is 5.75 Å². The molecule has 2 heterocycles. The molecule has 0 saturated carbocycles. The Bertz CT molecular complexity index is 562. The summed E-state index contributed by atoms with van der Waals surface area (Å²) in [6.45, 7) is 2.26. The Hall–Kier alpha value is -1.69. The molecule has 108 valence electrons. The number of benzene rings is 1. The molecule has 2 unspecified atom stereocenters. The molecule has 1 aromatic carbocycles. The Morgan fingerprint density at radius 2 is 2.25 bits per heavy atom. The molecule has 0 radical (unpaired) electrons. The summed E-state index contributed by atoms with van der Waals surface area (Å²) >= 11 is 0. The van der Waals surface area contributed by atoms with Crippen LogP contribution >= 0.6 is 0 Å². The van der Waals surface area contributed by atoms with Crippen molar-refractivity contribution in [2.75, 3.05) is 6.54 Å². The largest absolute Gasteiger partial charge is 0.488 e. The molecule has 6 heteroatoms. The van der Waals surface area contributed by atoms with E-state index >= 15 is 0 Å². The van der Waals surface area contributed by atoms with Gasteiger partial charge in [-0.3, -0.25) is 0 Å². The molecule has 3 rings (SSSR count). The van der Waals surface area contributed by atoms with Crippen LogP contribution in [-0.2, 0) is 12.8 Å². The third kappa shape index (κ3) is 2.14. The summed E-state index contributed by atoms with van der Waals surface area (Å²) < 4.78 is 33.6. The molecule has 3 N–H and O–H groups in total. The van der Waals surface area contributed by atoms with E-state index in [-0.39, 0.29) is 24.6 Å². The second-order valence-electron chi connectivity index (χ2n) is 5.37. The van der Waals surface area contributed by atoms with Crippen LogP contribution in [0.2, 0.25) is 0 Å². The number of nitrogens with two attached hydrogens (primary N) is 1. The molecular formula is C14H17F2N3O. The van der Waals surface area contributed by atoms with Gasteiger partial charge in [-0.2, -0.15) is 5.10 Å². The molecule has 0 bridgehead atoms. The fourth-order valence-corrected chi connectivity index (χ4v) is 2.72. The maximum atomic E-state index is 14.1. The van der Waals surface area contributed by atoms with Crippen molar-refractivity contribution in [1.82, 2.24) is 5.43 Å². The molecule has 20 heavy (non-hydrogen) atoms. The molecular weight excluding hydrogens is 264 g/mol. The third-order valence-electron chi connectivity index (χ3n) is 3.98. The Morgan fingerprint density at radius 3 is 2.90 bits per heavy atom. The van der Waals surface area contributed by atoms with E-state index in [9.17, 15) is 8.78 Å². The minimum atomic E-state index is -0.563. The van der Waals surface area contributed by atoms with E-state index in [2.05, 4.69) is 10.5 Å². The van der Waals surface area contributed by atoms with Gasteiger partial charge in [0.1, 0.15) is 23.5 Å². The molecule has 0 fully saturated rings. The summed E-state index contributed by atoms with van der Waals surface area (Å²) in [7, 11) is 0. The van der Waals surface area contributed by atoms with Crippen LogP contribution in [0, 0.1) is 17.6 Å². The topological polar surface area (TPSA) is 59.6 Å². The molecule has 2 aliphatic rings. The zero-order valence-corrected chi connectivity index (χ0v) is 11.2. The Morgan fingerprint density at radius 1 is 1.45 bits per heavy atom. The van der Waals surface area contributed by atoms with Crippen molar-refractivity contribution in [3.05, 3.63) is 28.8 Å². The van der Waals surface area contributed by atoms with Gasteiger partial charge in [0.05, 0.1) is 0 Å². The first-order valence-electron chi connectivity index (χ1n) is 6.75. The number of fused-ring (bicyclic) bond motifs is 1. The van der Waals surface area contributed by atoms with Crippen molar-refractivity contribution in [2.45, 2.75) is 31.9 Å². The normalized spacial score (nSPS) is 27.3. The summed E-state index contributed by atoms with van der Waals surface area (Å²) in [6, 6.07) is 1.07. The van der Waals surface area contributed by atoms with Gasteiger partial charge in [-0.25, -0.2) is 8.78 Å². The van der Waals surface area contributed by atoms with Gasteiger partial charge in [-0.05, 0) is 13.3 Å². The minimum Gasteiger partial charge on any atom is -0.488 e. The molecule has 1 aromatic rings. The third-order valence-corrected chi connectivity index (χ3v) is 3.98. The SMILES string of the molecule is C[C@H]1NN=CC1Cc1c(F)cc(F)c2c1OC(CN)C2. The maximum absolute atomic E-state index is 14.1. The standard InChI is InChI=1S/C14H17F2N3O/c1-7-8(6-18-19-7)2-10-12(15)4-13(16)11-3-9(5-17)20-14(10)11/h4,6-9,19H,2-3,5,17H2,1H3/t7-,8?,9?/m1/s1.